The molecule has 2 atom stereocenters. The molecule has 0 bridgehead atoms. The quantitative estimate of drug-likeness (QED) is 0.877. The van der Waals surface area contributed by atoms with Gasteiger partial charge in [0.15, 0.2) is 0 Å². The number of benzene rings is 1. The minimum absolute atomic E-state index is 0.0244. The van der Waals surface area contributed by atoms with Crippen molar-refractivity contribution < 1.29 is 9.59 Å². The lowest BCUT2D eigenvalue weighted by molar-refractivity contribution is -0.129. The van der Waals surface area contributed by atoms with Crippen LogP contribution in [0.15, 0.2) is 24.3 Å². The van der Waals surface area contributed by atoms with Crippen LogP contribution in [-0.4, -0.2) is 17.9 Å². The average molecular weight is 297 g/mol. The van der Waals surface area contributed by atoms with Crippen LogP contribution in [0.25, 0.3) is 0 Å². The highest BCUT2D eigenvalue weighted by atomic mass is 35.5. The Morgan fingerprint density at radius 2 is 1.60 bits per heavy atom. The molecule has 0 fully saturated rings. The highest BCUT2D eigenvalue weighted by molar-refractivity contribution is 6.30. The minimum atomic E-state index is -0.526. The summed E-state index contributed by atoms with van der Waals surface area (Å²) in [6.45, 7) is 7.10. The molecule has 1 aromatic rings. The highest BCUT2D eigenvalue weighted by Crippen LogP contribution is 2.16. The fraction of sp³-hybridized carbons (Fsp3) is 0.467. The summed E-state index contributed by atoms with van der Waals surface area (Å²) in [6, 6.07) is 6.64. The SMILES string of the molecule is CC(=O)N[C@@H](C(=O)N[C@@H](C)c1ccc(Cl)cc1)C(C)C. The predicted octanol–water partition coefficient (Wildman–Crippen LogP) is 2.68. The van der Waals surface area contributed by atoms with Gasteiger partial charge in [0, 0.05) is 11.9 Å². The van der Waals surface area contributed by atoms with Crippen molar-refractivity contribution >= 4 is 23.4 Å². The van der Waals surface area contributed by atoms with Gasteiger partial charge in [-0.05, 0) is 30.5 Å². The van der Waals surface area contributed by atoms with Crippen molar-refractivity contribution in [2.75, 3.05) is 0 Å². The summed E-state index contributed by atoms with van der Waals surface area (Å²) in [5.41, 5.74) is 0.966. The summed E-state index contributed by atoms with van der Waals surface area (Å²) >= 11 is 5.84. The zero-order valence-electron chi connectivity index (χ0n) is 12.2. The van der Waals surface area contributed by atoms with E-state index in [1.54, 1.807) is 12.1 Å². The number of halogens is 1. The normalized spacial score (nSPS) is 13.7. The van der Waals surface area contributed by atoms with Crippen LogP contribution >= 0.6 is 11.6 Å². The molecule has 0 saturated heterocycles. The third kappa shape index (κ3) is 4.85. The largest absolute Gasteiger partial charge is 0.348 e. The number of rotatable bonds is 5. The van der Waals surface area contributed by atoms with Crippen LogP contribution < -0.4 is 10.6 Å². The van der Waals surface area contributed by atoms with Gasteiger partial charge in [-0.15, -0.1) is 0 Å². The van der Waals surface area contributed by atoms with Gasteiger partial charge in [0.25, 0.3) is 0 Å². The van der Waals surface area contributed by atoms with Gasteiger partial charge in [0.1, 0.15) is 6.04 Å². The molecule has 2 N–H and O–H groups in total. The van der Waals surface area contributed by atoms with Gasteiger partial charge in [-0.25, -0.2) is 0 Å². The zero-order chi connectivity index (χ0) is 15.3. The van der Waals surface area contributed by atoms with Crippen LogP contribution in [-0.2, 0) is 9.59 Å². The van der Waals surface area contributed by atoms with Crippen molar-refractivity contribution in [1.82, 2.24) is 10.6 Å². The van der Waals surface area contributed by atoms with Crippen molar-refractivity contribution in [2.45, 2.75) is 39.8 Å². The maximum Gasteiger partial charge on any atom is 0.243 e. The number of nitrogens with one attached hydrogen (secondary N) is 2. The molecular formula is C15H21ClN2O2. The van der Waals surface area contributed by atoms with E-state index in [1.165, 1.54) is 6.92 Å². The van der Waals surface area contributed by atoms with Gasteiger partial charge in [0.05, 0.1) is 6.04 Å². The molecule has 2 amide bonds. The number of carbonyl (C=O) groups is 2. The Morgan fingerprint density at radius 3 is 2.05 bits per heavy atom. The van der Waals surface area contributed by atoms with Crippen molar-refractivity contribution in [3.8, 4) is 0 Å². The first-order valence-corrected chi connectivity index (χ1v) is 7.02. The Balaban J connectivity index is 2.72. The van der Waals surface area contributed by atoms with E-state index in [4.69, 9.17) is 11.6 Å². The first-order chi connectivity index (χ1) is 9.31. The maximum absolute atomic E-state index is 12.2. The Bertz CT molecular complexity index is 471. The van der Waals surface area contributed by atoms with Gasteiger partial charge >= 0.3 is 0 Å². The highest BCUT2D eigenvalue weighted by Gasteiger charge is 2.24. The summed E-state index contributed by atoms with van der Waals surface area (Å²) in [5.74, 6) is -0.369. The molecule has 0 radical (unpaired) electrons. The van der Waals surface area contributed by atoms with Gasteiger partial charge in [-0.3, -0.25) is 9.59 Å². The summed E-state index contributed by atoms with van der Waals surface area (Å²) in [5, 5.41) is 6.24. The topological polar surface area (TPSA) is 58.2 Å². The maximum atomic E-state index is 12.2. The lowest BCUT2D eigenvalue weighted by Gasteiger charge is -2.23. The first-order valence-electron chi connectivity index (χ1n) is 6.64. The van der Waals surface area contributed by atoms with Crippen LogP contribution in [0.5, 0.6) is 0 Å². The monoisotopic (exact) mass is 296 g/mol. The Labute approximate surface area is 124 Å². The van der Waals surface area contributed by atoms with Crippen LogP contribution in [0.2, 0.25) is 5.02 Å². The fourth-order valence-corrected chi connectivity index (χ4v) is 2.02. The van der Waals surface area contributed by atoms with E-state index in [-0.39, 0.29) is 23.8 Å². The molecule has 5 heteroatoms. The summed E-state index contributed by atoms with van der Waals surface area (Å²) in [7, 11) is 0. The molecule has 0 unspecified atom stereocenters. The predicted molar refractivity (Wildman–Crippen MR) is 80.5 cm³/mol. The van der Waals surface area contributed by atoms with Crippen LogP contribution in [0, 0.1) is 5.92 Å². The lowest BCUT2D eigenvalue weighted by atomic mass is 10.0. The standard InChI is InChI=1S/C15H21ClN2O2/c1-9(2)14(18-11(4)19)15(20)17-10(3)12-5-7-13(16)8-6-12/h5-10,14H,1-4H3,(H,17,20)(H,18,19)/t10-,14+/m0/s1. The van der Waals surface area contributed by atoms with Crippen molar-refractivity contribution in [1.29, 1.82) is 0 Å². The van der Waals surface area contributed by atoms with Crippen LogP contribution in [0.1, 0.15) is 39.3 Å². The second kappa shape index (κ2) is 7.29. The molecule has 1 aromatic carbocycles. The van der Waals surface area contributed by atoms with E-state index in [1.807, 2.05) is 32.9 Å². The number of amides is 2. The molecule has 0 spiro atoms. The van der Waals surface area contributed by atoms with Gasteiger partial charge in [0.2, 0.25) is 11.8 Å². The second-order valence-corrected chi connectivity index (χ2v) is 5.64. The molecule has 4 nitrogen and oxygen atoms in total. The van der Waals surface area contributed by atoms with Gasteiger partial charge in [-0.2, -0.15) is 0 Å². The number of carbonyl (C=O) groups excluding carboxylic acids is 2. The molecule has 110 valence electrons. The van der Waals surface area contributed by atoms with Crippen molar-refractivity contribution in [3.05, 3.63) is 34.9 Å². The van der Waals surface area contributed by atoms with Crippen molar-refractivity contribution in [2.24, 2.45) is 5.92 Å². The van der Waals surface area contributed by atoms with Crippen molar-refractivity contribution in [3.63, 3.8) is 0 Å². The van der Waals surface area contributed by atoms with Gasteiger partial charge in [-0.1, -0.05) is 37.6 Å². The second-order valence-electron chi connectivity index (χ2n) is 5.20. The third-order valence-corrected chi connectivity index (χ3v) is 3.29. The van der Waals surface area contributed by atoms with E-state index in [2.05, 4.69) is 10.6 Å². The van der Waals surface area contributed by atoms with Crippen LogP contribution in [0.4, 0.5) is 0 Å². The average Bonchev–Trinajstić information content (AvgIpc) is 2.35. The third-order valence-electron chi connectivity index (χ3n) is 3.04. The Hall–Kier alpha value is -1.55. The Morgan fingerprint density at radius 1 is 1.05 bits per heavy atom. The number of hydrogen-bond acceptors (Lipinski definition) is 2. The number of hydrogen-bond donors (Lipinski definition) is 2. The molecular weight excluding hydrogens is 276 g/mol. The molecule has 1 rings (SSSR count). The van der Waals surface area contributed by atoms with Gasteiger partial charge < -0.3 is 10.6 Å². The summed E-state index contributed by atoms with van der Waals surface area (Å²) < 4.78 is 0. The summed E-state index contributed by atoms with van der Waals surface area (Å²) in [4.78, 5) is 23.4. The Kier molecular flexibility index (Phi) is 6.02. The van der Waals surface area contributed by atoms with E-state index in [0.29, 0.717) is 5.02 Å². The summed E-state index contributed by atoms with van der Waals surface area (Å²) in [6.07, 6.45) is 0. The minimum Gasteiger partial charge on any atom is -0.348 e. The molecule has 0 heterocycles. The fourth-order valence-electron chi connectivity index (χ4n) is 1.89. The van der Waals surface area contributed by atoms with E-state index < -0.39 is 6.04 Å². The molecule has 0 aliphatic rings. The van der Waals surface area contributed by atoms with E-state index >= 15 is 0 Å². The molecule has 0 aliphatic heterocycles. The lowest BCUT2D eigenvalue weighted by Crippen LogP contribution is -2.49. The first kappa shape index (κ1) is 16.5. The molecule has 20 heavy (non-hydrogen) atoms. The van der Waals surface area contributed by atoms with E-state index in [0.717, 1.165) is 5.56 Å². The zero-order valence-corrected chi connectivity index (χ0v) is 13.0. The molecule has 0 aliphatic carbocycles. The van der Waals surface area contributed by atoms with E-state index in [9.17, 15) is 9.59 Å². The molecule has 0 saturated carbocycles. The van der Waals surface area contributed by atoms with Crippen LogP contribution in [0.3, 0.4) is 0 Å². The molecule has 0 aromatic heterocycles. The smallest absolute Gasteiger partial charge is 0.243 e.